The lowest BCUT2D eigenvalue weighted by atomic mass is 10.1. The minimum Gasteiger partial charge on any atom is -0.365 e. The van der Waals surface area contributed by atoms with Gasteiger partial charge in [0.25, 0.3) is 5.56 Å². The fourth-order valence-electron chi connectivity index (χ4n) is 3.27. The van der Waals surface area contributed by atoms with Crippen molar-refractivity contribution in [3.05, 3.63) is 51.9 Å². The van der Waals surface area contributed by atoms with Crippen LogP contribution in [0.15, 0.2) is 41.3 Å². The Bertz CT molecular complexity index is 851. The van der Waals surface area contributed by atoms with Crippen LogP contribution >= 0.6 is 24.0 Å². The highest BCUT2D eigenvalue weighted by molar-refractivity contribution is 6.33. The molecule has 1 unspecified atom stereocenters. The van der Waals surface area contributed by atoms with Gasteiger partial charge in [0.15, 0.2) is 0 Å². The summed E-state index contributed by atoms with van der Waals surface area (Å²) >= 11 is 6.37. The van der Waals surface area contributed by atoms with Gasteiger partial charge in [0.1, 0.15) is 5.02 Å². The monoisotopic (exact) mass is 425 g/mol. The summed E-state index contributed by atoms with van der Waals surface area (Å²) in [5, 5.41) is 7.46. The molecule has 2 heterocycles. The first-order chi connectivity index (χ1) is 13.0. The Balaban J connectivity index is 0.00000280. The molecular formula is C19H25Cl2N5O2. The lowest BCUT2D eigenvalue weighted by molar-refractivity contribution is -0.135. The Morgan fingerprint density at radius 3 is 2.46 bits per heavy atom. The molecular weight excluding hydrogens is 401 g/mol. The molecule has 2 aromatic rings. The fraction of sp³-hybridized carbons (Fsp3) is 0.421. The van der Waals surface area contributed by atoms with E-state index in [9.17, 15) is 9.59 Å². The Hall–Kier alpha value is -2.09. The molecule has 1 amide bonds. The summed E-state index contributed by atoms with van der Waals surface area (Å²) in [5.41, 5.74) is 0.940. The highest BCUT2D eigenvalue weighted by Crippen LogP contribution is 2.23. The minimum absolute atomic E-state index is 0. The lowest BCUT2D eigenvalue weighted by Gasteiger charge is -2.37. The third-order valence-corrected chi connectivity index (χ3v) is 5.12. The van der Waals surface area contributed by atoms with Gasteiger partial charge >= 0.3 is 0 Å². The summed E-state index contributed by atoms with van der Waals surface area (Å²) in [6.45, 7) is 5.03. The van der Waals surface area contributed by atoms with Crippen LogP contribution in [-0.2, 0) is 4.79 Å². The molecule has 0 bridgehead atoms. The first-order valence-corrected chi connectivity index (χ1v) is 9.42. The van der Waals surface area contributed by atoms with E-state index in [0.29, 0.717) is 44.1 Å². The van der Waals surface area contributed by atoms with Crippen LogP contribution in [0, 0.1) is 5.92 Å². The number of rotatable bonds is 5. The number of nitrogens with one attached hydrogen (secondary N) is 1. The van der Waals surface area contributed by atoms with E-state index in [1.807, 2.05) is 42.0 Å². The number of benzene rings is 1. The Kier molecular flexibility index (Phi) is 7.86. The summed E-state index contributed by atoms with van der Waals surface area (Å²) < 4.78 is 1.30. The minimum atomic E-state index is -0.346. The number of piperazine rings is 1. The van der Waals surface area contributed by atoms with Crippen molar-refractivity contribution in [3.8, 4) is 5.69 Å². The predicted molar refractivity (Wildman–Crippen MR) is 114 cm³/mol. The quantitative estimate of drug-likeness (QED) is 0.790. The van der Waals surface area contributed by atoms with Gasteiger partial charge in [-0.05, 0) is 19.2 Å². The number of hydrogen-bond acceptors (Lipinski definition) is 5. The summed E-state index contributed by atoms with van der Waals surface area (Å²) in [6, 6.07) is 9.18. The smallest absolute Gasteiger partial charge is 0.292 e. The van der Waals surface area contributed by atoms with Crippen LogP contribution in [0.3, 0.4) is 0 Å². The molecule has 1 aliphatic heterocycles. The number of para-hydroxylation sites is 1. The van der Waals surface area contributed by atoms with Gasteiger partial charge in [0, 0.05) is 38.6 Å². The maximum Gasteiger partial charge on any atom is 0.292 e. The highest BCUT2D eigenvalue weighted by atomic mass is 35.5. The summed E-state index contributed by atoms with van der Waals surface area (Å²) in [7, 11) is 1.84. The van der Waals surface area contributed by atoms with Gasteiger partial charge < -0.3 is 15.1 Å². The van der Waals surface area contributed by atoms with Crippen molar-refractivity contribution in [2.24, 2.45) is 5.92 Å². The molecule has 1 aromatic heterocycles. The zero-order valence-electron chi connectivity index (χ0n) is 16.0. The molecule has 9 heteroatoms. The fourth-order valence-corrected chi connectivity index (χ4v) is 3.52. The highest BCUT2D eigenvalue weighted by Gasteiger charge is 2.26. The summed E-state index contributed by atoms with van der Waals surface area (Å²) in [4.78, 5) is 28.9. The van der Waals surface area contributed by atoms with Crippen LogP contribution in [-0.4, -0.2) is 60.4 Å². The topological polar surface area (TPSA) is 70.5 Å². The van der Waals surface area contributed by atoms with Gasteiger partial charge in [-0.1, -0.05) is 36.7 Å². The van der Waals surface area contributed by atoms with Crippen LogP contribution in [0.5, 0.6) is 0 Å². The molecule has 3 rings (SSSR count). The molecule has 1 aliphatic rings. The second-order valence-electron chi connectivity index (χ2n) is 6.67. The second-order valence-corrected chi connectivity index (χ2v) is 7.05. The van der Waals surface area contributed by atoms with E-state index in [2.05, 4.69) is 10.4 Å². The first-order valence-electron chi connectivity index (χ1n) is 9.04. The average Bonchev–Trinajstić information content (AvgIpc) is 2.70. The van der Waals surface area contributed by atoms with Crippen molar-refractivity contribution in [1.29, 1.82) is 0 Å². The van der Waals surface area contributed by atoms with Crippen molar-refractivity contribution >= 4 is 35.6 Å². The maximum absolute atomic E-state index is 12.6. The van der Waals surface area contributed by atoms with Crippen LogP contribution in [0.25, 0.3) is 5.69 Å². The van der Waals surface area contributed by atoms with E-state index in [1.165, 1.54) is 4.68 Å². The molecule has 0 aliphatic carbocycles. The zero-order chi connectivity index (χ0) is 19.4. The average molecular weight is 426 g/mol. The van der Waals surface area contributed by atoms with Crippen molar-refractivity contribution in [3.63, 3.8) is 0 Å². The number of aromatic nitrogens is 2. The molecule has 1 saturated heterocycles. The number of amides is 1. The molecule has 1 fully saturated rings. The largest absolute Gasteiger partial charge is 0.365 e. The van der Waals surface area contributed by atoms with Crippen molar-refractivity contribution < 1.29 is 4.79 Å². The molecule has 28 heavy (non-hydrogen) atoms. The third-order valence-electron chi connectivity index (χ3n) is 4.77. The van der Waals surface area contributed by atoms with E-state index in [4.69, 9.17) is 11.6 Å². The molecule has 1 N–H and O–H groups in total. The van der Waals surface area contributed by atoms with E-state index < -0.39 is 0 Å². The predicted octanol–water partition coefficient (Wildman–Crippen LogP) is 1.81. The number of carbonyl (C=O) groups excluding carboxylic acids is 1. The molecule has 152 valence electrons. The van der Waals surface area contributed by atoms with Gasteiger partial charge in [-0.3, -0.25) is 9.59 Å². The van der Waals surface area contributed by atoms with Gasteiger partial charge in [0.2, 0.25) is 5.91 Å². The van der Waals surface area contributed by atoms with Gasteiger partial charge in [0.05, 0.1) is 17.6 Å². The van der Waals surface area contributed by atoms with Crippen molar-refractivity contribution in [2.75, 3.05) is 44.7 Å². The van der Waals surface area contributed by atoms with Crippen LogP contribution in [0.2, 0.25) is 5.02 Å². The summed E-state index contributed by atoms with van der Waals surface area (Å²) in [5.74, 6) is 0.0920. The van der Waals surface area contributed by atoms with Gasteiger partial charge in [-0.15, -0.1) is 12.4 Å². The molecule has 1 aromatic carbocycles. The van der Waals surface area contributed by atoms with E-state index in [0.717, 1.165) is 0 Å². The van der Waals surface area contributed by atoms with Crippen molar-refractivity contribution in [1.82, 2.24) is 20.0 Å². The SMILES string of the molecule is CNCC(C)C(=O)N1CCN(c2cnn(-c3ccccc3)c(=O)c2Cl)CC1.Cl. The molecule has 0 spiro atoms. The summed E-state index contributed by atoms with van der Waals surface area (Å²) in [6.07, 6.45) is 1.62. The van der Waals surface area contributed by atoms with Gasteiger partial charge in [-0.25, -0.2) is 0 Å². The number of halogens is 2. The van der Waals surface area contributed by atoms with Crippen LogP contribution in [0.4, 0.5) is 5.69 Å². The van der Waals surface area contributed by atoms with E-state index >= 15 is 0 Å². The number of nitrogens with zero attached hydrogens (tertiary/aromatic N) is 4. The lowest BCUT2D eigenvalue weighted by Crippen LogP contribution is -2.51. The van der Waals surface area contributed by atoms with E-state index in [-0.39, 0.29) is 34.8 Å². The number of carbonyl (C=O) groups is 1. The van der Waals surface area contributed by atoms with Crippen LogP contribution in [0.1, 0.15) is 6.92 Å². The third kappa shape index (κ3) is 4.66. The number of anilines is 1. The number of hydrogen-bond donors (Lipinski definition) is 1. The van der Waals surface area contributed by atoms with Crippen LogP contribution < -0.4 is 15.8 Å². The molecule has 0 saturated carbocycles. The molecule has 0 radical (unpaired) electrons. The molecule has 7 nitrogen and oxygen atoms in total. The normalized spacial score (nSPS) is 15.1. The van der Waals surface area contributed by atoms with E-state index in [1.54, 1.807) is 18.3 Å². The Morgan fingerprint density at radius 1 is 1.21 bits per heavy atom. The standard InChI is InChI=1S/C19H24ClN5O2.ClH/c1-14(12-21-2)18(26)24-10-8-23(9-11-24)16-13-22-25(19(27)17(16)20)15-6-4-3-5-7-15;/h3-7,13-14,21H,8-12H2,1-2H3;1H. The van der Waals surface area contributed by atoms with Crippen molar-refractivity contribution in [2.45, 2.75) is 6.92 Å². The first kappa shape index (κ1) is 22.2. The second kappa shape index (κ2) is 9.91. The van der Waals surface area contributed by atoms with Gasteiger partial charge in [-0.2, -0.15) is 9.78 Å². The Labute approximate surface area is 175 Å². The Morgan fingerprint density at radius 2 is 1.86 bits per heavy atom. The maximum atomic E-state index is 12.6. The molecule has 1 atom stereocenters. The zero-order valence-corrected chi connectivity index (χ0v) is 17.5.